The maximum Gasteiger partial charge on any atom is 0.253 e. The van der Waals surface area contributed by atoms with E-state index < -0.39 is 0 Å². The maximum atomic E-state index is 12.0. The van der Waals surface area contributed by atoms with Crippen molar-refractivity contribution in [3.63, 3.8) is 0 Å². The van der Waals surface area contributed by atoms with Crippen molar-refractivity contribution in [2.45, 2.75) is 19.8 Å². The summed E-state index contributed by atoms with van der Waals surface area (Å²) < 4.78 is 0.826. The molecule has 0 N–H and O–H groups in total. The van der Waals surface area contributed by atoms with Crippen molar-refractivity contribution in [2.75, 3.05) is 13.6 Å². The molecule has 0 radical (unpaired) electrons. The third kappa shape index (κ3) is 3.80. The first-order valence-corrected chi connectivity index (χ1v) is 6.43. The fraction of sp³-hybridized carbons (Fsp3) is 0.417. The number of hydrogen-bond acceptors (Lipinski definition) is 1. The van der Waals surface area contributed by atoms with Crippen LogP contribution in [-0.4, -0.2) is 24.4 Å². The molecular formula is C12H15BrClNO. The molecule has 0 saturated carbocycles. The number of unbranched alkanes of at least 4 members (excludes halogenated alkanes) is 1. The smallest absolute Gasteiger partial charge is 0.253 e. The largest absolute Gasteiger partial charge is 0.342 e. The van der Waals surface area contributed by atoms with Crippen molar-refractivity contribution in [3.05, 3.63) is 33.3 Å². The van der Waals surface area contributed by atoms with Gasteiger partial charge in [0.1, 0.15) is 0 Å². The van der Waals surface area contributed by atoms with E-state index in [0.717, 1.165) is 23.9 Å². The molecule has 0 bridgehead atoms. The van der Waals surface area contributed by atoms with Gasteiger partial charge in [-0.1, -0.05) is 40.9 Å². The molecule has 1 amide bonds. The van der Waals surface area contributed by atoms with E-state index >= 15 is 0 Å². The summed E-state index contributed by atoms with van der Waals surface area (Å²) in [6.45, 7) is 2.88. The molecule has 0 aliphatic heterocycles. The molecule has 0 atom stereocenters. The van der Waals surface area contributed by atoms with Crippen LogP contribution in [-0.2, 0) is 0 Å². The molecular weight excluding hydrogens is 289 g/mol. The molecule has 1 rings (SSSR count). The van der Waals surface area contributed by atoms with Crippen molar-refractivity contribution >= 4 is 33.4 Å². The van der Waals surface area contributed by atoms with E-state index in [1.165, 1.54) is 0 Å². The lowest BCUT2D eigenvalue weighted by Gasteiger charge is -2.17. The van der Waals surface area contributed by atoms with E-state index in [1.54, 1.807) is 23.1 Å². The number of benzene rings is 1. The highest BCUT2D eigenvalue weighted by molar-refractivity contribution is 9.10. The summed E-state index contributed by atoms with van der Waals surface area (Å²) in [5, 5.41) is 0.571. The molecule has 0 aromatic heterocycles. The SMILES string of the molecule is CCCCN(C)C(=O)c1cc(Cl)cc(Br)c1. The molecule has 0 aliphatic rings. The fourth-order valence-electron chi connectivity index (χ4n) is 1.39. The zero-order valence-electron chi connectivity index (χ0n) is 9.46. The van der Waals surface area contributed by atoms with Gasteiger partial charge >= 0.3 is 0 Å². The molecule has 2 nitrogen and oxygen atoms in total. The number of amides is 1. The van der Waals surface area contributed by atoms with Gasteiger partial charge in [0.25, 0.3) is 5.91 Å². The first-order valence-electron chi connectivity index (χ1n) is 5.26. The molecule has 88 valence electrons. The minimum Gasteiger partial charge on any atom is -0.342 e. The highest BCUT2D eigenvalue weighted by Gasteiger charge is 2.12. The minimum absolute atomic E-state index is 0.0108. The average molecular weight is 305 g/mol. The van der Waals surface area contributed by atoms with Gasteiger partial charge in [0.05, 0.1) is 0 Å². The van der Waals surface area contributed by atoms with E-state index in [-0.39, 0.29) is 5.91 Å². The Kier molecular flexibility index (Phi) is 5.29. The van der Waals surface area contributed by atoms with Crippen LogP contribution in [0.5, 0.6) is 0 Å². The summed E-state index contributed by atoms with van der Waals surface area (Å²) in [5.41, 5.74) is 0.623. The van der Waals surface area contributed by atoms with Crippen molar-refractivity contribution < 1.29 is 4.79 Å². The van der Waals surface area contributed by atoms with Gasteiger partial charge in [0.2, 0.25) is 0 Å². The van der Waals surface area contributed by atoms with Gasteiger partial charge in [0, 0.05) is 28.7 Å². The van der Waals surface area contributed by atoms with Crippen LogP contribution < -0.4 is 0 Å². The van der Waals surface area contributed by atoms with Crippen LogP contribution in [0.15, 0.2) is 22.7 Å². The fourth-order valence-corrected chi connectivity index (χ4v) is 2.25. The Morgan fingerprint density at radius 1 is 1.44 bits per heavy atom. The van der Waals surface area contributed by atoms with Crippen LogP contribution in [0.4, 0.5) is 0 Å². The molecule has 16 heavy (non-hydrogen) atoms. The van der Waals surface area contributed by atoms with Gasteiger partial charge < -0.3 is 4.90 Å². The summed E-state index contributed by atoms with van der Waals surface area (Å²) in [7, 11) is 1.81. The topological polar surface area (TPSA) is 20.3 Å². The molecule has 0 fully saturated rings. The van der Waals surface area contributed by atoms with Crippen molar-refractivity contribution in [1.82, 2.24) is 4.90 Å². The van der Waals surface area contributed by atoms with Crippen LogP contribution in [0.2, 0.25) is 5.02 Å². The molecule has 1 aromatic rings. The van der Waals surface area contributed by atoms with E-state index in [2.05, 4.69) is 22.9 Å². The van der Waals surface area contributed by atoms with Crippen LogP contribution >= 0.6 is 27.5 Å². The van der Waals surface area contributed by atoms with Crippen LogP contribution in [0.3, 0.4) is 0 Å². The molecule has 0 heterocycles. The van der Waals surface area contributed by atoms with E-state index in [1.807, 2.05) is 7.05 Å². The van der Waals surface area contributed by atoms with Crippen LogP contribution in [0.1, 0.15) is 30.1 Å². The van der Waals surface area contributed by atoms with E-state index in [9.17, 15) is 4.79 Å². The standard InChI is InChI=1S/C12H15BrClNO/c1-3-4-5-15(2)12(16)9-6-10(13)8-11(14)7-9/h6-8H,3-5H2,1-2H3. The second kappa shape index (κ2) is 6.26. The predicted molar refractivity (Wildman–Crippen MR) is 71.0 cm³/mol. The number of hydrogen-bond donors (Lipinski definition) is 0. The van der Waals surface area contributed by atoms with Gasteiger partial charge in [-0.2, -0.15) is 0 Å². The van der Waals surface area contributed by atoms with Gasteiger partial charge in [-0.25, -0.2) is 0 Å². The molecule has 0 spiro atoms. The highest BCUT2D eigenvalue weighted by atomic mass is 79.9. The first-order chi connectivity index (χ1) is 7.54. The Hall–Kier alpha value is -0.540. The predicted octanol–water partition coefficient (Wildman–Crippen LogP) is 3.97. The van der Waals surface area contributed by atoms with Crippen molar-refractivity contribution in [1.29, 1.82) is 0 Å². The lowest BCUT2D eigenvalue weighted by molar-refractivity contribution is 0.0793. The van der Waals surface area contributed by atoms with Gasteiger partial charge in [-0.15, -0.1) is 0 Å². The van der Waals surface area contributed by atoms with Crippen LogP contribution in [0, 0.1) is 0 Å². The molecule has 0 aliphatic carbocycles. The maximum absolute atomic E-state index is 12.0. The Bertz CT molecular complexity index is 361. The number of nitrogens with zero attached hydrogens (tertiary/aromatic N) is 1. The Labute approximate surface area is 110 Å². The molecule has 1 aromatic carbocycles. The number of rotatable bonds is 4. The summed E-state index contributed by atoms with van der Waals surface area (Å²) in [5.74, 6) is 0.0108. The summed E-state index contributed by atoms with van der Waals surface area (Å²) >= 11 is 9.23. The Balaban J connectivity index is 2.79. The third-order valence-corrected chi connectivity index (χ3v) is 2.98. The Morgan fingerprint density at radius 3 is 2.69 bits per heavy atom. The summed E-state index contributed by atoms with van der Waals surface area (Å²) in [6, 6.07) is 5.25. The number of halogens is 2. The van der Waals surface area contributed by atoms with Gasteiger partial charge in [-0.05, 0) is 24.6 Å². The lowest BCUT2D eigenvalue weighted by Crippen LogP contribution is -2.27. The normalized spacial score (nSPS) is 10.2. The van der Waals surface area contributed by atoms with Crippen LogP contribution in [0.25, 0.3) is 0 Å². The first kappa shape index (κ1) is 13.5. The summed E-state index contributed by atoms with van der Waals surface area (Å²) in [6.07, 6.45) is 2.10. The van der Waals surface area contributed by atoms with Gasteiger partial charge in [-0.3, -0.25) is 4.79 Å². The Morgan fingerprint density at radius 2 is 2.12 bits per heavy atom. The molecule has 4 heteroatoms. The second-order valence-corrected chi connectivity index (χ2v) is 5.09. The highest BCUT2D eigenvalue weighted by Crippen LogP contribution is 2.20. The molecule has 0 unspecified atom stereocenters. The van der Waals surface area contributed by atoms with E-state index in [0.29, 0.717) is 10.6 Å². The summed E-state index contributed by atoms with van der Waals surface area (Å²) in [4.78, 5) is 13.7. The minimum atomic E-state index is 0.0108. The zero-order valence-corrected chi connectivity index (χ0v) is 11.8. The van der Waals surface area contributed by atoms with E-state index in [4.69, 9.17) is 11.6 Å². The average Bonchev–Trinajstić information content (AvgIpc) is 2.23. The monoisotopic (exact) mass is 303 g/mol. The van der Waals surface area contributed by atoms with Crippen molar-refractivity contribution in [2.24, 2.45) is 0 Å². The quantitative estimate of drug-likeness (QED) is 0.824. The zero-order chi connectivity index (χ0) is 12.1. The second-order valence-electron chi connectivity index (χ2n) is 3.74. The number of carbonyl (C=O) groups excluding carboxylic acids is 1. The van der Waals surface area contributed by atoms with Gasteiger partial charge in [0.15, 0.2) is 0 Å². The van der Waals surface area contributed by atoms with Crippen molar-refractivity contribution in [3.8, 4) is 0 Å². The third-order valence-electron chi connectivity index (χ3n) is 2.30. The number of carbonyl (C=O) groups is 1. The lowest BCUT2D eigenvalue weighted by atomic mass is 10.2. The molecule has 0 saturated heterocycles.